The van der Waals surface area contributed by atoms with E-state index < -0.39 is 0 Å². The fourth-order valence-electron chi connectivity index (χ4n) is 4.00. The van der Waals surface area contributed by atoms with Crippen LogP contribution in [-0.2, 0) is 16.1 Å². The highest BCUT2D eigenvalue weighted by Gasteiger charge is 2.63. The Labute approximate surface area is 154 Å². The van der Waals surface area contributed by atoms with Crippen molar-refractivity contribution in [2.45, 2.75) is 32.9 Å². The van der Waals surface area contributed by atoms with Crippen LogP contribution in [-0.4, -0.2) is 42.7 Å². The molecule has 6 heteroatoms. The smallest absolute Gasteiger partial charge is 0.311 e. The second kappa shape index (κ2) is 7.20. The molecule has 2 aliphatic rings. The van der Waals surface area contributed by atoms with Crippen molar-refractivity contribution < 1.29 is 19.0 Å². The Balaban J connectivity index is 1.82. The lowest BCUT2D eigenvalue weighted by Crippen LogP contribution is -2.38. The van der Waals surface area contributed by atoms with E-state index in [1.54, 1.807) is 14.2 Å². The molecule has 1 aromatic rings. The largest absolute Gasteiger partial charge is 0.497 e. The number of fused-ring (bicyclic) bond motifs is 1. The Morgan fingerprint density at radius 1 is 1.32 bits per heavy atom. The Kier molecular flexibility index (Phi) is 5.18. The molecule has 0 aromatic heterocycles. The number of thiocarbonyl (C=S) groups is 1. The third-order valence-electron chi connectivity index (χ3n) is 5.26. The number of carbonyl (C=O) groups is 1. The quantitative estimate of drug-likeness (QED) is 0.572. The van der Waals surface area contributed by atoms with Crippen LogP contribution >= 0.6 is 12.2 Å². The standard InChI is InChI=1S/C19H25NO4S/c1-5-24-19(21)17-16-11(2)8-15(25)20(18(16)17)10-12-6-7-13(22-3)9-14(12)23-4/h6-7,9,11,16-18H,5,8,10H2,1-4H3/t11-,16-,17+,18-/m0/s1. The van der Waals surface area contributed by atoms with Crippen molar-refractivity contribution in [3.05, 3.63) is 23.8 Å². The predicted molar refractivity (Wildman–Crippen MR) is 98.9 cm³/mol. The zero-order valence-electron chi connectivity index (χ0n) is 15.2. The molecule has 0 N–H and O–H groups in total. The fraction of sp³-hybridized carbons (Fsp3) is 0.579. The van der Waals surface area contributed by atoms with Crippen LogP contribution in [0.1, 0.15) is 25.8 Å². The van der Waals surface area contributed by atoms with Gasteiger partial charge in [0.05, 0.1) is 31.7 Å². The maximum absolute atomic E-state index is 12.3. The molecule has 0 spiro atoms. The van der Waals surface area contributed by atoms with E-state index in [2.05, 4.69) is 11.8 Å². The molecule has 1 heterocycles. The first-order chi connectivity index (χ1) is 12.0. The normalized spacial score (nSPS) is 27.5. The number of hydrogen-bond donors (Lipinski definition) is 0. The van der Waals surface area contributed by atoms with E-state index in [1.807, 2.05) is 25.1 Å². The van der Waals surface area contributed by atoms with Crippen LogP contribution in [0.15, 0.2) is 18.2 Å². The van der Waals surface area contributed by atoms with Gasteiger partial charge in [-0.05, 0) is 30.9 Å². The zero-order chi connectivity index (χ0) is 18.1. The number of rotatable bonds is 6. The predicted octanol–water partition coefficient (Wildman–Crippen LogP) is 3.05. The maximum Gasteiger partial charge on any atom is 0.311 e. The summed E-state index contributed by atoms with van der Waals surface area (Å²) in [6.45, 7) is 5.07. The van der Waals surface area contributed by atoms with E-state index in [-0.39, 0.29) is 17.9 Å². The Bertz CT molecular complexity index is 677. The molecule has 1 saturated heterocycles. The molecule has 5 nitrogen and oxygen atoms in total. The molecule has 1 aliphatic heterocycles. The topological polar surface area (TPSA) is 48.0 Å². The number of piperidine rings is 1. The summed E-state index contributed by atoms with van der Waals surface area (Å²) in [6.07, 6.45) is 0.838. The van der Waals surface area contributed by atoms with Gasteiger partial charge in [-0.2, -0.15) is 0 Å². The highest BCUT2D eigenvalue weighted by Crippen LogP contribution is 2.54. The molecule has 0 radical (unpaired) electrons. The molecule has 25 heavy (non-hydrogen) atoms. The first-order valence-electron chi connectivity index (χ1n) is 8.68. The second-order valence-corrected chi connectivity index (χ2v) is 7.20. The number of nitrogens with zero attached hydrogens (tertiary/aromatic N) is 1. The molecule has 4 atom stereocenters. The summed E-state index contributed by atoms with van der Waals surface area (Å²) in [4.78, 5) is 15.4. The fourth-order valence-corrected chi connectivity index (χ4v) is 4.45. The molecule has 3 rings (SSSR count). The van der Waals surface area contributed by atoms with Crippen LogP contribution in [0.4, 0.5) is 0 Å². The van der Waals surface area contributed by atoms with Gasteiger partial charge in [0.2, 0.25) is 0 Å². The van der Waals surface area contributed by atoms with E-state index in [4.69, 9.17) is 26.4 Å². The maximum atomic E-state index is 12.3. The summed E-state index contributed by atoms with van der Waals surface area (Å²) in [5.74, 6) is 2.10. The molecule has 0 bridgehead atoms. The Morgan fingerprint density at radius 3 is 2.72 bits per heavy atom. The summed E-state index contributed by atoms with van der Waals surface area (Å²) >= 11 is 5.65. The average Bonchev–Trinajstić information content (AvgIpc) is 3.35. The minimum Gasteiger partial charge on any atom is -0.497 e. The van der Waals surface area contributed by atoms with Gasteiger partial charge in [0.1, 0.15) is 11.5 Å². The number of ether oxygens (including phenoxy) is 3. The summed E-state index contributed by atoms with van der Waals surface area (Å²) in [7, 11) is 3.28. The summed E-state index contributed by atoms with van der Waals surface area (Å²) in [5.41, 5.74) is 1.04. The Hall–Kier alpha value is -1.82. The van der Waals surface area contributed by atoms with Gasteiger partial charge in [-0.15, -0.1) is 0 Å². The zero-order valence-corrected chi connectivity index (χ0v) is 16.0. The van der Waals surface area contributed by atoms with Crippen LogP contribution in [0, 0.1) is 17.8 Å². The summed E-state index contributed by atoms with van der Waals surface area (Å²) in [6, 6.07) is 5.93. The lowest BCUT2D eigenvalue weighted by molar-refractivity contribution is -0.145. The average molecular weight is 363 g/mol. The number of esters is 1. The molecule has 2 fully saturated rings. The highest BCUT2D eigenvalue weighted by atomic mass is 32.1. The van der Waals surface area contributed by atoms with Gasteiger partial charge in [-0.25, -0.2) is 0 Å². The van der Waals surface area contributed by atoms with Crippen LogP contribution in [0.5, 0.6) is 11.5 Å². The third-order valence-corrected chi connectivity index (χ3v) is 5.66. The van der Waals surface area contributed by atoms with Gasteiger partial charge < -0.3 is 19.1 Å². The van der Waals surface area contributed by atoms with Crippen LogP contribution in [0.2, 0.25) is 0 Å². The van der Waals surface area contributed by atoms with Gasteiger partial charge >= 0.3 is 5.97 Å². The molecule has 136 valence electrons. The molecule has 0 unspecified atom stereocenters. The summed E-state index contributed by atoms with van der Waals surface area (Å²) < 4.78 is 16.0. The first-order valence-corrected chi connectivity index (χ1v) is 9.09. The highest BCUT2D eigenvalue weighted by molar-refractivity contribution is 7.80. The van der Waals surface area contributed by atoms with Gasteiger partial charge in [0.25, 0.3) is 0 Å². The van der Waals surface area contributed by atoms with Gasteiger partial charge in [0.15, 0.2) is 0 Å². The molecule has 1 saturated carbocycles. The van der Waals surface area contributed by atoms with Crippen LogP contribution < -0.4 is 9.47 Å². The van der Waals surface area contributed by atoms with Crippen molar-refractivity contribution in [2.75, 3.05) is 20.8 Å². The minimum absolute atomic E-state index is 0.0698. The van der Waals surface area contributed by atoms with Gasteiger partial charge in [-0.1, -0.05) is 19.1 Å². The number of carbonyl (C=O) groups excluding carboxylic acids is 1. The number of benzene rings is 1. The summed E-state index contributed by atoms with van der Waals surface area (Å²) in [5, 5.41) is 0. The first kappa shape index (κ1) is 18.0. The van der Waals surface area contributed by atoms with Crippen molar-refractivity contribution in [1.82, 2.24) is 4.90 Å². The van der Waals surface area contributed by atoms with Crippen molar-refractivity contribution in [3.63, 3.8) is 0 Å². The molecule has 1 aliphatic carbocycles. The van der Waals surface area contributed by atoms with Crippen LogP contribution in [0.3, 0.4) is 0 Å². The lowest BCUT2D eigenvalue weighted by Gasteiger charge is -2.32. The number of likely N-dealkylation sites (tertiary alicyclic amines) is 1. The number of methoxy groups -OCH3 is 2. The molecule has 0 amide bonds. The van der Waals surface area contributed by atoms with E-state index in [0.29, 0.717) is 25.0 Å². The van der Waals surface area contributed by atoms with Gasteiger partial charge in [-0.3, -0.25) is 4.79 Å². The van der Waals surface area contributed by atoms with E-state index in [0.717, 1.165) is 28.5 Å². The monoisotopic (exact) mass is 363 g/mol. The molecule has 1 aromatic carbocycles. The van der Waals surface area contributed by atoms with Gasteiger partial charge in [0, 0.05) is 30.6 Å². The number of hydrogen-bond acceptors (Lipinski definition) is 5. The van der Waals surface area contributed by atoms with Crippen molar-refractivity contribution >= 4 is 23.2 Å². The minimum atomic E-state index is -0.0965. The van der Waals surface area contributed by atoms with E-state index in [1.165, 1.54) is 0 Å². The van der Waals surface area contributed by atoms with E-state index >= 15 is 0 Å². The second-order valence-electron chi connectivity index (χ2n) is 6.73. The van der Waals surface area contributed by atoms with Crippen LogP contribution in [0.25, 0.3) is 0 Å². The third kappa shape index (κ3) is 3.32. The molecular weight excluding hydrogens is 338 g/mol. The lowest BCUT2D eigenvalue weighted by atomic mass is 9.97. The van der Waals surface area contributed by atoms with Crippen molar-refractivity contribution in [2.24, 2.45) is 17.8 Å². The SMILES string of the molecule is CCOC(=O)[C@@H]1[C@H]2[C@@H]1N(Cc1ccc(OC)cc1OC)C(=S)C[C@@H]2C. The molecular formula is C19H25NO4S. The van der Waals surface area contributed by atoms with E-state index in [9.17, 15) is 4.79 Å². The van der Waals surface area contributed by atoms with Crippen molar-refractivity contribution in [3.8, 4) is 11.5 Å². The van der Waals surface area contributed by atoms with Crippen molar-refractivity contribution in [1.29, 1.82) is 0 Å². The Morgan fingerprint density at radius 2 is 2.08 bits per heavy atom.